The Balaban J connectivity index is 4.25. The normalized spacial score (nSPS) is 12.5. The summed E-state index contributed by atoms with van der Waals surface area (Å²) in [5.74, 6) is -0.399. The molecule has 0 aromatic heterocycles. The lowest BCUT2D eigenvalue weighted by Crippen LogP contribution is -2.30. The van der Waals surface area contributed by atoms with Crippen molar-refractivity contribution in [1.82, 2.24) is 0 Å². The van der Waals surface area contributed by atoms with Gasteiger partial charge < -0.3 is 14.2 Å². The predicted molar refractivity (Wildman–Crippen MR) is 279 cm³/mol. The molecule has 0 saturated carbocycles. The van der Waals surface area contributed by atoms with E-state index in [1.807, 2.05) is 0 Å². The maximum atomic E-state index is 12.8. The monoisotopic (exact) mass is 897 g/mol. The van der Waals surface area contributed by atoms with E-state index in [0.717, 1.165) is 64.2 Å². The van der Waals surface area contributed by atoms with Crippen molar-refractivity contribution in [3.63, 3.8) is 0 Å². The van der Waals surface area contributed by atoms with E-state index in [9.17, 15) is 9.59 Å². The summed E-state index contributed by atoms with van der Waals surface area (Å²) < 4.78 is 17.4. The Hall–Kier alpha value is -2.14. The van der Waals surface area contributed by atoms with Gasteiger partial charge in [-0.1, -0.05) is 243 Å². The molecule has 0 fully saturated rings. The fourth-order valence-corrected chi connectivity index (χ4v) is 8.10. The van der Waals surface area contributed by atoms with Crippen LogP contribution in [0.2, 0.25) is 0 Å². The molecule has 0 aliphatic carbocycles. The highest BCUT2D eigenvalue weighted by molar-refractivity contribution is 5.70. The summed E-state index contributed by atoms with van der Waals surface area (Å²) in [6.45, 7) is 7.80. The van der Waals surface area contributed by atoms with Gasteiger partial charge in [-0.05, 0) is 83.5 Å². The molecular weight excluding hydrogens is 789 g/mol. The Morgan fingerprint density at radius 1 is 0.344 bits per heavy atom. The molecule has 0 aliphatic heterocycles. The molecule has 0 aromatic rings. The van der Waals surface area contributed by atoms with Crippen molar-refractivity contribution < 1.29 is 23.8 Å². The standard InChI is InChI=1S/C59H108O5/c1-4-7-10-13-16-19-22-25-27-28-29-30-31-33-36-39-42-45-48-51-54-62-55-57(64-59(61)53-50-47-44-41-38-34-24-21-18-15-12-9-6-3)56-63-58(60)52-49-46-43-40-37-35-32-26-23-20-17-14-11-8-5-2/h16,19,21,24-25,27,29-30,57H,4-15,17-18,20,22-23,26,28,31-56H2,1-3H3/b19-16-,24-21-,27-25-,30-29-. The lowest BCUT2D eigenvalue weighted by molar-refractivity contribution is -0.163. The van der Waals surface area contributed by atoms with Crippen LogP contribution >= 0.6 is 0 Å². The van der Waals surface area contributed by atoms with Crippen LogP contribution in [0.1, 0.15) is 290 Å². The van der Waals surface area contributed by atoms with E-state index in [4.69, 9.17) is 14.2 Å². The van der Waals surface area contributed by atoms with Crippen LogP contribution in [0.5, 0.6) is 0 Å². The van der Waals surface area contributed by atoms with E-state index in [1.54, 1.807) is 0 Å². The van der Waals surface area contributed by atoms with Crippen molar-refractivity contribution in [3.8, 4) is 0 Å². The summed E-state index contributed by atoms with van der Waals surface area (Å²) >= 11 is 0. The zero-order valence-electron chi connectivity index (χ0n) is 43.1. The van der Waals surface area contributed by atoms with Crippen molar-refractivity contribution >= 4 is 11.9 Å². The lowest BCUT2D eigenvalue weighted by Gasteiger charge is -2.18. The Kier molecular flexibility index (Phi) is 53.3. The van der Waals surface area contributed by atoms with Gasteiger partial charge in [-0.15, -0.1) is 0 Å². The summed E-state index contributed by atoms with van der Waals surface area (Å²) in [6, 6.07) is 0. The number of hydrogen-bond acceptors (Lipinski definition) is 5. The van der Waals surface area contributed by atoms with Gasteiger partial charge in [-0.2, -0.15) is 0 Å². The van der Waals surface area contributed by atoms with Crippen molar-refractivity contribution in [2.75, 3.05) is 19.8 Å². The van der Waals surface area contributed by atoms with Gasteiger partial charge >= 0.3 is 11.9 Å². The summed E-state index contributed by atoms with van der Waals surface area (Å²) in [7, 11) is 0. The molecule has 0 heterocycles. The van der Waals surface area contributed by atoms with Gasteiger partial charge in [-0.3, -0.25) is 9.59 Å². The largest absolute Gasteiger partial charge is 0.462 e. The first kappa shape index (κ1) is 61.9. The second-order valence-electron chi connectivity index (χ2n) is 18.8. The average Bonchev–Trinajstić information content (AvgIpc) is 3.30. The minimum absolute atomic E-state index is 0.0815. The van der Waals surface area contributed by atoms with E-state index in [1.165, 1.54) is 193 Å². The lowest BCUT2D eigenvalue weighted by atomic mass is 10.0. The number of unbranched alkanes of at least 4 members (excludes halogenated alkanes) is 33. The average molecular weight is 898 g/mol. The topological polar surface area (TPSA) is 61.8 Å². The van der Waals surface area contributed by atoms with Gasteiger partial charge in [0.05, 0.1) is 6.61 Å². The zero-order chi connectivity index (χ0) is 46.3. The number of rotatable bonds is 52. The smallest absolute Gasteiger partial charge is 0.306 e. The summed E-state index contributed by atoms with van der Waals surface area (Å²) in [4.78, 5) is 25.4. The third-order valence-electron chi connectivity index (χ3n) is 12.3. The fraction of sp³-hybridized carbons (Fsp3) is 0.831. The molecule has 0 radical (unpaired) electrons. The van der Waals surface area contributed by atoms with Crippen molar-refractivity contribution in [1.29, 1.82) is 0 Å². The van der Waals surface area contributed by atoms with Gasteiger partial charge in [0.15, 0.2) is 6.10 Å². The highest BCUT2D eigenvalue weighted by Gasteiger charge is 2.17. The van der Waals surface area contributed by atoms with E-state index in [2.05, 4.69) is 69.4 Å². The molecule has 0 saturated heterocycles. The fourth-order valence-electron chi connectivity index (χ4n) is 8.10. The maximum absolute atomic E-state index is 12.8. The van der Waals surface area contributed by atoms with Crippen LogP contribution in [-0.4, -0.2) is 37.9 Å². The molecule has 0 rings (SSSR count). The van der Waals surface area contributed by atoms with Gasteiger partial charge in [0.1, 0.15) is 6.61 Å². The van der Waals surface area contributed by atoms with Gasteiger partial charge in [0.2, 0.25) is 0 Å². The minimum Gasteiger partial charge on any atom is -0.462 e. The van der Waals surface area contributed by atoms with Crippen LogP contribution in [0, 0.1) is 0 Å². The minimum atomic E-state index is -0.543. The number of carbonyl (C=O) groups is 2. The molecule has 1 atom stereocenters. The maximum Gasteiger partial charge on any atom is 0.306 e. The first-order chi connectivity index (χ1) is 31.6. The summed E-state index contributed by atoms with van der Waals surface area (Å²) in [5.41, 5.74) is 0. The molecule has 5 nitrogen and oxygen atoms in total. The first-order valence-corrected chi connectivity index (χ1v) is 28.2. The second kappa shape index (κ2) is 55.2. The third-order valence-corrected chi connectivity index (χ3v) is 12.3. The molecule has 374 valence electrons. The molecule has 0 N–H and O–H groups in total. The quantitative estimate of drug-likeness (QED) is 0.0346. The molecule has 0 amide bonds. The Morgan fingerprint density at radius 3 is 1.11 bits per heavy atom. The van der Waals surface area contributed by atoms with Crippen molar-refractivity contribution in [2.24, 2.45) is 0 Å². The molecule has 0 aliphatic rings. The Bertz CT molecular complexity index is 1060. The molecule has 1 unspecified atom stereocenters. The molecule has 0 aromatic carbocycles. The first-order valence-electron chi connectivity index (χ1n) is 28.2. The second-order valence-corrected chi connectivity index (χ2v) is 18.8. The van der Waals surface area contributed by atoms with Crippen molar-refractivity contribution in [2.45, 2.75) is 297 Å². The highest BCUT2D eigenvalue weighted by Crippen LogP contribution is 2.16. The molecule has 64 heavy (non-hydrogen) atoms. The van der Waals surface area contributed by atoms with E-state index < -0.39 is 6.10 Å². The molecule has 5 heteroatoms. The van der Waals surface area contributed by atoms with E-state index >= 15 is 0 Å². The van der Waals surface area contributed by atoms with Crippen LogP contribution in [0.15, 0.2) is 48.6 Å². The third kappa shape index (κ3) is 52.5. The Morgan fingerprint density at radius 2 is 0.656 bits per heavy atom. The predicted octanol–water partition coefficient (Wildman–Crippen LogP) is 19.1. The van der Waals surface area contributed by atoms with Crippen LogP contribution in [-0.2, 0) is 23.8 Å². The number of carbonyl (C=O) groups excluding carboxylic acids is 2. The van der Waals surface area contributed by atoms with E-state index in [-0.39, 0.29) is 25.2 Å². The summed E-state index contributed by atoms with van der Waals surface area (Å²) in [6.07, 6.45) is 68.4. The van der Waals surface area contributed by atoms with E-state index in [0.29, 0.717) is 19.4 Å². The number of allylic oxidation sites excluding steroid dienone is 8. The molecule has 0 bridgehead atoms. The van der Waals surface area contributed by atoms with Crippen LogP contribution < -0.4 is 0 Å². The van der Waals surface area contributed by atoms with Gasteiger partial charge in [0, 0.05) is 19.4 Å². The van der Waals surface area contributed by atoms with Gasteiger partial charge in [-0.25, -0.2) is 0 Å². The number of ether oxygens (including phenoxy) is 3. The zero-order valence-corrected chi connectivity index (χ0v) is 43.1. The highest BCUT2D eigenvalue weighted by atomic mass is 16.6. The molecular formula is C59H108O5. The van der Waals surface area contributed by atoms with Gasteiger partial charge in [0.25, 0.3) is 0 Å². The van der Waals surface area contributed by atoms with Crippen LogP contribution in [0.25, 0.3) is 0 Å². The van der Waals surface area contributed by atoms with Crippen molar-refractivity contribution in [3.05, 3.63) is 48.6 Å². The Labute approximate surface area is 399 Å². The van der Waals surface area contributed by atoms with Crippen LogP contribution in [0.4, 0.5) is 0 Å². The molecule has 0 spiro atoms. The summed E-state index contributed by atoms with van der Waals surface area (Å²) in [5, 5.41) is 0. The number of esters is 2. The van der Waals surface area contributed by atoms with Crippen LogP contribution in [0.3, 0.4) is 0 Å². The number of hydrogen-bond donors (Lipinski definition) is 0. The SMILES string of the molecule is CCCCC/C=C\C/C=C\C/C=C\CCCCCCCCCOCC(COC(=O)CCCCCCCCCCCCCCCCC)OC(=O)CCCCCCC/C=C\CCCCCC.